The van der Waals surface area contributed by atoms with E-state index in [1.807, 2.05) is 0 Å². The predicted octanol–water partition coefficient (Wildman–Crippen LogP) is 2.25. The lowest BCUT2D eigenvalue weighted by Gasteiger charge is -2.11. The molecular weight excluding hydrogens is 328 g/mol. The lowest BCUT2D eigenvalue weighted by Crippen LogP contribution is -2.28. The van der Waals surface area contributed by atoms with Crippen molar-refractivity contribution in [3.05, 3.63) is 38.3 Å². The van der Waals surface area contributed by atoms with Gasteiger partial charge in [0, 0.05) is 28.7 Å². The van der Waals surface area contributed by atoms with Crippen LogP contribution in [0.3, 0.4) is 0 Å². The summed E-state index contributed by atoms with van der Waals surface area (Å²) in [5.74, 6) is -0.0631. The van der Waals surface area contributed by atoms with Crippen LogP contribution >= 0.6 is 15.9 Å². The molecule has 1 aliphatic carbocycles. The Labute approximate surface area is 124 Å². The SMILES string of the molecule is O=C(NCC1CCC(O)C1)c1cc(Br)cc([N+](=O)[O-])c1. The molecule has 20 heavy (non-hydrogen) atoms. The smallest absolute Gasteiger partial charge is 0.271 e. The van der Waals surface area contributed by atoms with Crippen LogP contribution in [0.15, 0.2) is 22.7 Å². The van der Waals surface area contributed by atoms with Gasteiger partial charge in [0.15, 0.2) is 0 Å². The number of aliphatic hydroxyl groups is 1. The summed E-state index contributed by atoms with van der Waals surface area (Å²) >= 11 is 3.16. The summed E-state index contributed by atoms with van der Waals surface area (Å²) in [6.45, 7) is 0.482. The summed E-state index contributed by atoms with van der Waals surface area (Å²) in [6, 6.07) is 4.15. The highest BCUT2D eigenvalue weighted by atomic mass is 79.9. The summed E-state index contributed by atoms with van der Waals surface area (Å²) in [7, 11) is 0. The number of nitro groups is 1. The molecule has 108 valence electrons. The van der Waals surface area contributed by atoms with Crippen LogP contribution in [0.2, 0.25) is 0 Å². The minimum atomic E-state index is -0.533. The first-order valence-corrected chi connectivity index (χ1v) is 7.16. The summed E-state index contributed by atoms with van der Waals surface area (Å²) in [6.07, 6.45) is 2.07. The van der Waals surface area contributed by atoms with E-state index in [2.05, 4.69) is 21.2 Å². The topological polar surface area (TPSA) is 92.5 Å². The minimum absolute atomic E-state index is 0.124. The molecule has 2 rings (SSSR count). The number of non-ortho nitro benzene ring substituents is 1. The van der Waals surface area contributed by atoms with E-state index in [9.17, 15) is 20.0 Å². The zero-order valence-electron chi connectivity index (χ0n) is 10.7. The van der Waals surface area contributed by atoms with E-state index >= 15 is 0 Å². The predicted molar refractivity (Wildman–Crippen MR) is 76.5 cm³/mol. The molecule has 0 spiro atoms. The van der Waals surface area contributed by atoms with Crippen LogP contribution in [-0.2, 0) is 0 Å². The molecule has 0 aliphatic heterocycles. The second kappa shape index (κ2) is 6.32. The van der Waals surface area contributed by atoms with Crippen molar-refractivity contribution in [1.29, 1.82) is 0 Å². The second-order valence-electron chi connectivity index (χ2n) is 5.00. The fourth-order valence-corrected chi connectivity index (χ4v) is 2.86. The number of carbonyl (C=O) groups excluding carboxylic acids is 1. The Bertz CT molecular complexity index is 535. The van der Waals surface area contributed by atoms with Gasteiger partial charge in [0.2, 0.25) is 0 Å². The molecule has 0 radical (unpaired) electrons. The molecule has 1 saturated carbocycles. The maximum atomic E-state index is 12.0. The van der Waals surface area contributed by atoms with Crippen molar-refractivity contribution in [2.45, 2.75) is 25.4 Å². The van der Waals surface area contributed by atoms with Crippen molar-refractivity contribution in [3.8, 4) is 0 Å². The average Bonchev–Trinajstić information content (AvgIpc) is 2.81. The number of benzene rings is 1. The van der Waals surface area contributed by atoms with Gasteiger partial charge in [0.25, 0.3) is 11.6 Å². The maximum absolute atomic E-state index is 12.0. The highest BCUT2D eigenvalue weighted by Gasteiger charge is 2.23. The van der Waals surface area contributed by atoms with E-state index in [1.165, 1.54) is 12.1 Å². The normalized spacial score (nSPS) is 21.7. The third-order valence-electron chi connectivity index (χ3n) is 3.42. The van der Waals surface area contributed by atoms with Crippen molar-refractivity contribution in [2.24, 2.45) is 5.92 Å². The standard InChI is InChI=1S/C13H15BrN2O4/c14-10-4-9(5-11(6-10)16(19)20)13(18)15-7-8-1-2-12(17)3-8/h4-6,8,12,17H,1-3,7H2,(H,15,18). The molecular formula is C13H15BrN2O4. The summed E-state index contributed by atoms with van der Waals surface area (Å²) in [4.78, 5) is 22.2. The van der Waals surface area contributed by atoms with Gasteiger partial charge < -0.3 is 10.4 Å². The van der Waals surface area contributed by atoms with E-state index in [1.54, 1.807) is 6.07 Å². The molecule has 1 aromatic carbocycles. The molecule has 0 aromatic heterocycles. The molecule has 1 aromatic rings. The Kier molecular flexibility index (Phi) is 4.72. The number of halogens is 1. The Hall–Kier alpha value is -1.47. The van der Waals surface area contributed by atoms with Gasteiger partial charge in [0.1, 0.15) is 0 Å². The first kappa shape index (κ1) is 14.9. The lowest BCUT2D eigenvalue weighted by atomic mass is 10.1. The van der Waals surface area contributed by atoms with Crippen LogP contribution in [0.25, 0.3) is 0 Å². The van der Waals surface area contributed by atoms with Crippen LogP contribution in [-0.4, -0.2) is 28.6 Å². The first-order chi connectivity index (χ1) is 9.45. The highest BCUT2D eigenvalue weighted by molar-refractivity contribution is 9.10. The number of amides is 1. The molecule has 6 nitrogen and oxygen atoms in total. The largest absolute Gasteiger partial charge is 0.393 e. The maximum Gasteiger partial charge on any atom is 0.271 e. The van der Waals surface area contributed by atoms with Gasteiger partial charge in [0.05, 0.1) is 11.0 Å². The molecule has 0 bridgehead atoms. The Morgan fingerprint density at radius 1 is 1.45 bits per heavy atom. The summed E-state index contributed by atoms with van der Waals surface area (Å²) < 4.78 is 0.494. The minimum Gasteiger partial charge on any atom is -0.393 e. The average molecular weight is 343 g/mol. The zero-order valence-corrected chi connectivity index (χ0v) is 12.3. The van der Waals surface area contributed by atoms with Gasteiger partial charge >= 0.3 is 0 Å². The fraction of sp³-hybridized carbons (Fsp3) is 0.462. The van der Waals surface area contributed by atoms with Crippen molar-refractivity contribution >= 4 is 27.5 Å². The number of hydrogen-bond donors (Lipinski definition) is 2. The molecule has 7 heteroatoms. The highest BCUT2D eigenvalue weighted by Crippen LogP contribution is 2.25. The van der Waals surface area contributed by atoms with Gasteiger partial charge in [-0.25, -0.2) is 0 Å². The van der Waals surface area contributed by atoms with Gasteiger partial charge in [-0.2, -0.15) is 0 Å². The first-order valence-electron chi connectivity index (χ1n) is 6.37. The van der Waals surface area contributed by atoms with E-state index in [0.29, 0.717) is 17.4 Å². The number of aliphatic hydroxyl groups excluding tert-OH is 1. The molecule has 1 fully saturated rings. The van der Waals surface area contributed by atoms with Crippen LogP contribution in [0, 0.1) is 16.0 Å². The van der Waals surface area contributed by atoms with Crippen LogP contribution < -0.4 is 5.32 Å². The second-order valence-corrected chi connectivity index (χ2v) is 5.91. The molecule has 2 N–H and O–H groups in total. The Morgan fingerprint density at radius 3 is 2.80 bits per heavy atom. The molecule has 0 heterocycles. The lowest BCUT2D eigenvalue weighted by molar-refractivity contribution is -0.385. The van der Waals surface area contributed by atoms with Crippen LogP contribution in [0.4, 0.5) is 5.69 Å². The number of nitrogens with zero attached hydrogens (tertiary/aromatic N) is 1. The number of carbonyl (C=O) groups is 1. The zero-order chi connectivity index (χ0) is 14.7. The molecule has 1 aliphatic rings. The van der Waals surface area contributed by atoms with Crippen LogP contribution in [0.5, 0.6) is 0 Å². The van der Waals surface area contributed by atoms with E-state index in [4.69, 9.17) is 0 Å². The van der Waals surface area contributed by atoms with Crippen molar-refractivity contribution < 1.29 is 14.8 Å². The number of nitro benzene ring substituents is 1. The number of nitrogens with one attached hydrogen (secondary N) is 1. The molecule has 2 atom stereocenters. The monoisotopic (exact) mass is 342 g/mol. The summed E-state index contributed by atoms with van der Waals surface area (Å²) in [5.41, 5.74) is 0.130. The summed E-state index contributed by atoms with van der Waals surface area (Å²) in [5, 5.41) is 22.9. The van der Waals surface area contributed by atoms with Gasteiger partial charge in [-0.05, 0) is 31.2 Å². The fourth-order valence-electron chi connectivity index (χ4n) is 2.38. The number of rotatable bonds is 4. The molecule has 1 amide bonds. The van der Waals surface area contributed by atoms with Crippen LogP contribution in [0.1, 0.15) is 29.6 Å². The molecule has 2 unspecified atom stereocenters. The van der Waals surface area contributed by atoms with E-state index in [-0.39, 0.29) is 29.2 Å². The third-order valence-corrected chi connectivity index (χ3v) is 3.88. The van der Waals surface area contributed by atoms with Gasteiger partial charge in [-0.3, -0.25) is 14.9 Å². The van der Waals surface area contributed by atoms with Gasteiger partial charge in [-0.1, -0.05) is 15.9 Å². The Morgan fingerprint density at radius 2 is 2.20 bits per heavy atom. The Balaban J connectivity index is 2.00. The molecule has 0 saturated heterocycles. The van der Waals surface area contributed by atoms with Crippen molar-refractivity contribution in [3.63, 3.8) is 0 Å². The van der Waals surface area contributed by atoms with E-state index in [0.717, 1.165) is 12.8 Å². The number of hydrogen-bond acceptors (Lipinski definition) is 4. The quantitative estimate of drug-likeness (QED) is 0.648. The van der Waals surface area contributed by atoms with E-state index < -0.39 is 4.92 Å². The third kappa shape index (κ3) is 3.77. The van der Waals surface area contributed by atoms with Crippen molar-refractivity contribution in [1.82, 2.24) is 5.32 Å². The van der Waals surface area contributed by atoms with Crippen molar-refractivity contribution in [2.75, 3.05) is 6.54 Å². The van der Waals surface area contributed by atoms with Gasteiger partial charge in [-0.15, -0.1) is 0 Å².